The van der Waals surface area contributed by atoms with E-state index in [4.69, 9.17) is 9.11 Å². The third kappa shape index (κ3) is 3.23. The molecule has 0 heterocycles. The van der Waals surface area contributed by atoms with Crippen molar-refractivity contribution in [3.05, 3.63) is 48.5 Å². The quantitative estimate of drug-likeness (QED) is 0.837. The molecule has 0 atom stereocenters. The van der Waals surface area contributed by atoms with Crippen molar-refractivity contribution in [3.8, 4) is 11.1 Å². The molecule has 6 nitrogen and oxygen atoms in total. The van der Waals surface area contributed by atoms with Crippen molar-refractivity contribution in [2.45, 2.75) is 9.79 Å². The molecule has 8 heteroatoms. The van der Waals surface area contributed by atoms with Gasteiger partial charge in [0.05, 0.1) is 9.79 Å². The number of benzene rings is 2. The van der Waals surface area contributed by atoms with E-state index in [1.54, 1.807) is 6.07 Å². The standard InChI is InChI=1S/C12H10O6S2/c13-19(14,15)11-6-4-9(5-7-11)10-2-1-3-12(8-10)20(16,17)18/h1-8H,(H,13,14,15)(H,16,17,18). The Morgan fingerprint density at radius 2 is 1.20 bits per heavy atom. The normalized spacial score (nSPS) is 12.3. The summed E-state index contributed by atoms with van der Waals surface area (Å²) in [6, 6.07) is 10.8. The Balaban J connectivity index is 2.48. The summed E-state index contributed by atoms with van der Waals surface area (Å²) in [6.07, 6.45) is 0. The number of rotatable bonds is 3. The largest absolute Gasteiger partial charge is 0.294 e. The molecule has 2 aromatic carbocycles. The van der Waals surface area contributed by atoms with Gasteiger partial charge in [-0.1, -0.05) is 24.3 Å². The van der Waals surface area contributed by atoms with E-state index in [2.05, 4.69) is 0 Å². The molecule has 0 aliphatic heterocycles. The number of hydrogen-bond acceptors (Lipinski definition) is 4. The van der Waals surface area contributed by atoms with E-state index in [9.17, 15) is 16.8 Å². The molecule has 2 N–H and O–H groups in total. The summed E-state index contributed by atoms with van der Waals surface area (Å²) in [5, 5.41) is 0. The van der Waals surface area contributed by atoms with Gasteiger partial charge in [0.25, 0.3) is 20.2 Å². The molecular formula is C12H10O6S2. The van der Waals surface area contributed by atoms with E-state index in [0.717, 1.165) is 0 Å². The van der Waals surface area contributed by atoms with Crippen molar-refractivity contribution < 1.29 is 25.9 Å². The topological polar surface area (TPSA) is 109 Å². The molecule has 0 amide bonds. The second kappa shape index (κ2) is 4.98. The van der Waals surface area contributed by atoms with Crippen LogP contribution in [0.2, 0.25) is 0 Å². The summed E-state index contributed by atoms with van der Waals surface area (Å²) in [7, 11) is -8.57. The molecule has 0 aliphatic carbocycles. The molecule has 106 valence electrons. The summed E-state index contributed by atoms with van der Waals surface area (Å²) >= 11 is 0. The van der Waals surface area contributed by atoms with Crippen molar-refractivity contribution in [2.24, 2.45) is 0 Å². The van der Waals surface area contributed by atoms with E-state index < -0.39 is 20.2 Å². The maximum atomic E-state index is 11.0. The summed E-state index contributed by atoms with van der Waals surface area (Å²) in [5.74, 6) is 0. The summed E-state index contributed by atoms with van der Waals surface area (Å²) in [4.78, 5) is -0.513. The van der Waals surface area contributed by atoms with Crippen molar-refractivity contribution in [1.29, 1.82) is 0 Å². The Kier molecular flexibility index (Phi) is 3.65. The van der Waals surface area contributed by atoms with Crippen LogP contribution in [0.3, 0.4) is 0 Å². The Morgan fingerprint density at radius 1 is 0.650 bits per heavy atom. The van der Waals surface area contributed by atoms with Crippen molar-refractivity contribution in [1.82, 2.24) is 0 Å². The fourth-order valence-electron chi connectivity index (χ4n) is 1.66. The lowest BCUT2D eigenvalue weighted by Gasteiger charge is -2.04. The highest BCUT2D eigenvalue weighted by Crippen LogP contribution is 2.23. The van der Waals surface area contributed by atoms with Crippen LogP contribution in [0.5, 0.6) is 0 Å². The van der Waals surface area contributed by atoms with Gasteiger partial charge < -0.3 is 0 Å². The summed E-state index contributed by atoms with van der Waals surface area (Å²) in [6.45, 7) is 0. The van der Waals surface area contributed by atoms with Gasteiger partial charge in [-0.25, -0.2) is 0 Å². The maximum Gasteiger partial charge on any atom is 0.294 e. The molecule has 0 spiro atoms. The second-order valence-electron chi connectivity index (χ2n) is 4.00. The van der Waals surface area contributed by atoms with Gasteiger partial charge in [-0.15, -0.1) is 0 Å². The average molecular weight is 314 g/mol. The Morgan fingerprint density at radius 3 is 1.70 bits per heavy atom. The van der Waals surface area contributed by atoms with E-state index >= 15 is 0 Å². The van der Waals surface area contributed by atoms with Crippen LogP contribution in [-0.2, 0) is 20.2 Å². The molecule has 20 heavy (non-hydrogen) atoms. The lowest BCUT2D eigenvalue weighted by atomic mass is 10.1. The highest BCUT2D eigenvalue weighted by Gasteiger charge is 2.12. The SMILES string of the molecule is O=S(=O)(O)c1ccc(-c2cccc(S(=O)(=O)O)c2)cc1. The Labute approximate surface area is 116 Å². The van der Waals surface area contributed by atoms with Gasteiger partial charge >= 0.3 is 0 Å². The molecule has 0 unspecified atom stereocenters. The second-order valence-corrected chi connectivity index (χ2v) is 6.85. The molecule has 0 radical (unpaired) electrons. The summed E-state index contributed by atoms with van der Waals surface area (Å²) < 4.78 is 61.7. The first-order valence-corrected chi connectivity index (χ1v) is 8.21. The minimum Gasteiger partial charge on any atom is -0.282 e. The highest BCUT2D eigenvalue weighted by molar-refractivity contribution is 7.86. The Hall–Kier alpha value is -1.74. The first kappa shape index (κ1) is 14.7. The van der Waals surface area contributed by atoms with Crippen LogP contribution in [0, 0.1) is 0 Å². The van der Waals surface area contributed by atoms with Gasteiger partial charge in [0.15, 0.2) is 0 Å². The van der Waals surface area contributed by atoms with Crippen molar-refractivity contribution in [2.75, 3.05) is 0 Å². The third-order valence-corrected chi connectivity index (χ3v) is 4.33. The van der Waals surface area contributed by atoms with Crippen LogP contribution in [0.4, 0.5) is 0 Å². The molecule has 0 aromatic heterocycles. The van der Waals surface area contributed by atoms with Crippen LogP contribution in [0.15, 0.2) is 58.3 Å². The lowest BCUT2D eigenvalue weighted by molar-refractivity contribution is 0.481. The third-order valence-electron chi connectivity index (χ3n) is 2.62. The van der Waals surface area contributed by atoms with Crippen molar-refractivity contribution in [3.63, 3.8) is 0 Å². The molecular weight excluding hydrogens is 304 g/mol. The maximum absolute atomic E-state index is 11.0. The van der Waals surface area contributed by atoms with Gasteiger partial charge in [0, 0.05) is 0 Å². The summed E-state index contributed by atoms with van der Waals surface area (Å²) in [5.41, 5.74) is 1.03. The fraction of sp³-hybridized carbons (Fsp3) is 0. The van der Waals surface area contributed by atoms with Crippen LogP contribution < -0.4 is 0 Å². The van der Waals surface area contributed by atoms with E-state index in [0.29, 0.717) is 11.1 Å². The molecule has 2 rings (SSSR count). The van der Waals surface area contributed by atoms with Crippen molar-refractivity contribution >= 4 is 20.2 Å². The minimum absolute atomic E-state index is 0.256. The average Bonchev–Trinajstić information content (AvgIpc) is 2.37. The molecule has 2 aromatic rings. The van der Waals surface area contributed by atoms with Gasteiger partial charge in [-0.3, -0.25) is 9.11 Å². The highest BCUT2D eigenvalue weighted by atomic mass is 32.2. The predicted molar refractivity (Wildman–Crippen MR) is 71.5 cm³/mol. The molecule has 0 aliphatic rings. The first-order valence-electron chi connectivity index (χ1n) is 5.33. The van der Waals surface area contributed by atoms with Gasteiger partial charge in [-0.05, 0) is 35.4 Å². The van der Waals surface area contributed by atoms with Crippen LogP contribution in [-0.4, -0.2) is 25.9 Å². The Bertz CT molecular complexity index is 836. The molecule has 0 saturated carbocycles. The first-order chi connectivity index (χ1) is 9.18. The zero-order valence-electron chi connectivity index (χ0n) is 9.96. The van der Waals surface area contributed by atoms with Crippen LogP contribution in [0.25, 0.3) is 11.1 Å². The number of hydrogen-bond donors (Lipinski definition) is 2. The lowest BCUT2D eigenvalue weighted by Crippen LogP contribution is -1.98. The van der Waals surface area contributed by atoms with Crippen LogP contribution >= 0.6 is 0 Å². The van der Waals surface area contributed by atoms with Gasteiger partial charge in [0.2, 0.25) is 0 Å². The molecule has 0 fully saturated rings. The fourth-order valence-corrected chi connectivity index (χ4v) is 2.66. The van der Waals surface area contributed by atoms with E-state index in [1.807, 2.05) is 0 Å². The predicted octanol–water partition coefficient (Wildman–Crippen LogP) is 1.85. The zero-order chi connectivity index (χ0) is 15.0. The molecule has 0 saturated heterocycles. The van der Waals surface area contributed by atoms with E-state index in [-0.39, 0.29) is 9.79 Å². The smallest absolute Gasteiger partial charge is 0.282 e. The van der Waals surface area contributed by atoms with E-state index in [1.165, 1.54) is 42.5 Å². The molecule has 0 bridgehead atoms. The van der Waals surface area contributed by atoms with Gasteiger partial charge in [-0.2, -0.15) is 16.8 Å². The zero-order valence-corrected chi connectivity index (χ0v) is 11.6. The monoisotopic (exact) mass is 314 g/mol. The van der Waals surface area contributed by atoms with Gasteiger partial charge in [0.1, 0.15) is 0 Å². The minimum atomic E-state index is -4.30. The van der Waals surface area contributed by atoms with Crippen LogP contribution in [0.1, 0.15) is 0 Å².